The van der Waals surface area contributed by atoms with Gasteiger partial charge in [0, 0.05) is 31.7 Å². The summed E-state index contributed by atoms with van der Waals surface area (Å²) in [5.74, 6) is 0.478. The van der Waals surface area contributed by atoms with Crippen molar-refractivity contribution >= 4 is 17.8 Å². The van der Waals surface area contributed by atoms with Crippen LogP contribution in [-0.2, 0) is 0 Å². The van der Waals surface area contributed by atoms with Crippen molar-refractivity contribution in [1.29, 1.82) is 0 Å². The number of hydrogen-bond donors (Lipinski definition) is 0. The van der Waals surface area contributed by atoms with Crippen LogP contribution >= 0.6 is 0 Å². The Kier molecular flexibility index (Phi) is 4.57. The van der Waals surface area contributed by atoms with Crippen LogP contribution < -0.4 is 4.90 Å². The number of anilines is 1. The predicted octanol–water partition coefficient (Wildman–Crippen LogP) is 4.44. The molecule has 0 amide bonds. The Morgan fingerprint density at radius 2 is 1.50 bits per heavy atom. The minimum Gasteiger partial charge on any atom is -0.378 e. The summed E-state index contributed by atoms with van der Waals surface area (Å²) >= 11 is 0. The summed E-state index contributed by atoms with van der Waals surface area (Å²) in [6.45, 7) is 4.31. The average molecular weight is 266 g/mol. The lowest BCUT2D eigenvalue weighted by molar-refractivity contribution is 0.822. The Morgan fingerprint density at radius 3 is 2.00 bits per heavy atom. The molecule has 0 saturated carbocycles. The van der Waals surface area contributed by atoms with Crippen LogP contribution in [0.25, 0.3) is 12.2 Å². The Hall–Kier alpha value is -2.09. The van der Waals surface area contributed by atoms with Crippen LogP contribution in [0.1, 0.15) is 36.6 Å². The molecule has 0 radical (unpaired) electrons. The zero-order chi connectivity index (χ0) is 14.5. The number of aromatic nitrogens is 1. The summed E-state index contributed by atoms with van der Waals surface area (Å²) < 4.78 is 0. The summed E-state index contributed by atoms with van der Waals surface area (Å²) in [6.07, 6.45) is 6.15. The third-order valence-corrected chi connectivity index (χ3v) is 3.28. The van der Waals surface area contributed by atoms with E-state index in [0.29, 0.717) is 5.92 Å². The second-order valence-corrected chi connectivity index (χ2v) is 5.49. The van der Waals surface area contributed by atoms with Crippen molar-refractivity contribution in [2.45, 2.75) is 19.8 Å². The molecule has 0 aliphatic carbocycles. The van der Waals surface area contributed by atoms with E-state index in [0.717, 1.165) is 11.3 Å². The van der Waals surface area contributed by atoms with E-state index in [1.807, 2.05) is 20.3 Å². The molecule has 0 fully saturated rings. The highest BCUT2D eigenvalue weighted by Crippen LogP contribution is 2.15. The SMILES string of the molecule is CC(C)c1ccc(/C=C/c2ccc(N(C)C)cc2)cn1. The number of hydrogen-bond acceptors (Lipinski definition) is 2. The Bertz CT molecular complexity index is 510. The van der Waals surface area contributed by atoms with Gasteiger partial charge in [-0.2, -0.15) is 0 Å². The largest absolute Gasteiger partial charge is 0.378 e. The number of benzene rings is 1. The molecule has 104 valence electrons. The van der Waals surface area contributed by atoms with E-state index in [2.05, 4.69) is 72.3 Å². The Balaban J connectivity index is 2.08. The van der Waals surface area contributed by atoms with Gasteiger partial charge in [-0.3, -0.25) is 4.98 Å². The second-order valence-electron chi connectivity index (χ2n) is 5.49. The highest BCUT2D eigenvalue weighted by molar-refractivity contribution is 5.70. The lowest BCUT2D eigenvalue weighted by atomic mass is 10.1. The molecule has 0 saturated heterocycles. The van der Waals surface area contributed by atoms with Crippen molar-refractivity contribution in [2.24, 2.45) is 0 Å². The van der Waals surface area contributed by atoms with Gasteiger partial charge in [0.2, 0.25) is 0 Å². The second kappa shape index (κ2) is 6.38. The third kappa shape index (κ3) is 3.70. The van der Waals surface area contributed by atoms with Crippen molar-refractivity contribution in [1.82, 2.24) is 4.98 Å². The smallest absolute Gasteiger partial charge is 0.0429 e. The van der Waals surface area contributed by atoms with Gasteiger partial charge in [0.05, 0.1) is 0 Å². The molecule has 2 nitrogen and oxygen atoms in total. The van der Waals surface area contributed by atoms with Crippen molar-refractivity contribution in [3.63, 3.8) is 0 Å². The molecule has 0 aliphatic heterocycles. The van der Waals surface area contributed by atoms with Gasteiger partial charge in [-0.25, -0.2) is 0 Å². The average Bonchev–Trinajstić information content (AvgIpc) is 2.46. The zero-order valence-electron chi connectivity index (χ0n) is 12.7. The van der Waals surface area contributed by atoms with Crippen molar-refractivity contribution in [3.05, 3.63) is 59.4 Å². The van der Waals surface area contributed by atoms with Crippen LogP contribution in [0.3, 0.4) is 0 Å². The molecule has 0 unspecified atom stereocenters. The molecule has 1 aromatic carbocycles. The van der Waals surface area contributed by atoms with Crippen LogP contribution in [0.2, 0.25) is 0 Å². The third-order valence-electron chi connectivity index (χ3n) is 3.28. The van der Waals surface area contributed by atoms with Gasteiger partial charge in [-0.1, -0.05) is 44.2 Å². The molecular formula is C18H22N2. The van der Waals surface area contributed by atoms with Gasteiger partial charge in [0.1, 0.15) is 0 Å². The van der Waals surface area contributed by atoms with Crippen molar-refractivity contribution in [2.75, 3.05) is 19.0 Å². The maximum Gasteiger partial charge on any atom is 0.0429 e. The maximum atomic E-state index is 4.47. The lowest BCUT2D eigenvalue weighted by Crippen LogP contribution is -2.07. The standard InChI is InChI=1S/C18H22N2/c1-14(2)18-12-9-16(13-19-18)6-5-15-7-10-17(11-8-15)20(3)4/h5-14H,1-4H3/b6-5+. The van der Waals surface area contributed by atoms with E-state index in [4.69, 9.17) is 0 Å². The fourth-order valence-corrected chi connectivity index (χ4v) is 1.93. The number of nitrogens with zero attached hydrogens (tertiary/aromatic N) is 2. The quantitative estimate of drug-likeness (QED) is 0.813. The molecule has 2 heteroatoms. The van der Waals surface area contributed by atoms with Gasteiger partial charge in [0.15, 0.2) is 0 Å². The first kappa shape index (κ1) is 14.3. The van der Waals surface area contributed by atoms with Gasteiger partial charge < -0.3 is 4.90 Å². The van der Waals surface area contributed by atoms with E-state index in [1.54, 1.807) is 0 Å². The van der Waals surface area contributed by atoms with Crippen LogP contribution in [0, 0.1) is 0 Å². The number of rotatable bonds is 4. The van der Waals surface area contributed by atoms with Gasteiger partial charge in [-0.15, -0.1) is 0 Å². The van der Waals surface area contributed by atoms with E-state index in [9.17, 15) is 0 Å². The fraction of sp³-hybridized carbons (Fsp3) is 0.278. The Morgan fingerprint density at radius 1 is 0.900 bits per heavy atom. The molecule has 0 bridgehead atoms. The minimum absolute atomic E-state index is 0.478. The van der Waals surface area contributed by atoms with Crippen molar-refractivity contribution < 1.29 is 0 Å². The van der Waals surface area contributed by atoms with E-state index >= 15 is 0 Å². The summed E-state index contributed by atoms with van der Waals surface area (Å²) in [6, 6.07) is 12.7. The van der Waals surface area contributed by atoms with E-state index in [-0.39, 0.29) is 0 Å². The molecule has 0 spiro atoms. The Labute approximate surface area is 121 Å². The molecule has 2 aromatic rings. The van der Waals surface area contributed by atoms with Crippen LogP contribution in [0.15, 0.2) is 42.6 Å². The normalized spacial score (nSPS) is 11.2. The molecule has 20 heavy (non-hydrogen) atoms. The molecule has 0 aliphatic rings. The van der Waals surface area contributed by atoms with Crippen LogP contribution in [0.4, 0.5) is 5.69 Å². The zero-order valence-corrected chi connectivity index (χ0v) is 12.7. The van der Waals surface area contributed by atoms with E-state index < -0.39 is 0 Å². The first-order valence-electron chi connectivity index (χ1n) is 6.97. The minimum atomic E-state index is 0.478. The summed E-state index contributed by atoms with van der Waals surface area (Å²) in [4.78, 5) is 6.57. The number of pyridine rings is 1. The maximum absolute atomic E-state index is 4.47. The first-order chi connectivity index (χ1) is 9.56. The van der Waals surface area contributed by atoms with Crippen LogP contribution in [0.5, 0.6) is 0 Å². The van der Waals surface area contributed by atoms with E-state index in [1.165, 1.54) is 11.3 Å². The highest BCUT2D eigenvalue weighted by Gasteiger charge is 1.99. The lowest BCUT2D eigenvalue weighted by Gasteiger charge is -2.11. The monoisotopic (exact) mass is 266 g/mol. The molecule has 1 aromatic heterocycles. The summed E-state index contributed by atoms with van der Waals surface area (Å²) in [5.41, 5.74) is 4.68. The molecule has 1 heterocycles. The molecule has 0 N–H and O–H groups in total. The fourth-order valence-electron chi connectivity index (χ4n) is 1.93. The summed E-state index contributed by atoms with van der Waals surface area (Å²) in [7, 11) is 4.10. The molecule has 2 rings (SSSR count). The molecular weight excluding hydrogens is 244 g/mol. The highest BCUT2D eigenvalue weighted by atomic mass is 15.1. The van der Waals surface area contributed by atoms with Gasteiger partial charge in [-0.05, 0) is 35.2 Å². The first-order valence-corrected chi connectivity index (χ1v) is 6.97. The predicted molar refractivity (Wildman–Crippen MR) is 88.0 cm³/mol. The van der Waals surface area contributed by atoms with Crippen LogP contribution in [-0.4, -0.2) is 19.1 Å². The van der Waals surface area contributed by atoms with Crippen molar-refractivity contribution in [3.8, 4) is 0 Å². The van der Waals surface area contributed by atoms with Gasteiger partial charge >= 0.3 is 0 Å². The summed E-state index contributed by atoms with van der Waals surface area (Å²) in [5, 5.41) is 0. The topological polar surface area (TPSA) is 16.1 Å². The molecule has 0 atom stereocenters. The van der Waals surface area contributed by atoms with Gasteiger partial charge in [0.25, 0.3) is 0 Å².